The number of rotatable bonds is 6. The zero-order chi connectivity index (χ0) is 18.5. The fraction of sp³-hybridized carbons (Fsp3) is 0.286. The van der Waals surface area contributed by atoms with E-state index < -0.39 is 0 Å². The molecule has 2 heterocycles. The van der Waals surface area contributed by atoms with Gasteiger partial charge < -0.3 is 0 Å². The highest BCUT2D eigenvalue weighted by molar-refractivity contribution is 7.98. The summed E-state index contributed by atoms with van der Waals surface area (Å²) in [6.07, 6.45) is 4.40. The summed E-state index contributed by atoms with van der Waals surface area (Å²) >= 11 is 1.58. The SMILES string of the molecule is CC[C@@H](C)N=Cc1c(SCc2ccccc2)nc2c(C)cccn2c1=O. The van der Waals surface area contributed by atoms with Gasteiger partial charge in [-0.25, -0.2) is 4.98 Å². The summed E-state index contributed by atoms with van der Waals surface area (Å²) in [6, 6.07) is 14.2. The van der Waals surface area contributed by atoms with Crippen molar-refractivity contribution in [1.29, 1.82) is 0 Å². The maximum atomic E-state index is 13.0. The lowest BCUT2D eigenvalue weighted by atomic mass is 10.2. The number of hydrogen-bond donors (Lipinski definition) is 0. The average molecular weight is 366 g/mol. The van der Waals surface area contributed by atoms with Gasteiger partial charge in [-0.2, -0.15) is 0 Å². The van der Waals surface area contributed by atoms with E-state index in [1.54, 1.807) is 28.6 Å². The molecule has 0 amide bonds. The Balaban J connectivity index is 2.07. The van der Waals surface area contributed by atoms with Gasteiger partial charge in [-0.05, 0) is 37.5 Å². The lowest BCUT2D eigenvalue weighted by molar-refractivity contribution is 0.720. The van der Waals surface area contributed by atoms with Crippen LogP contribution in [-0.4, -0.2) is 21.6 Å². The predicted octanol–water partition coefficient (Wildman–Crippen LogP) is 4.51. The Morgan fingerprint density at radius 3 is 2.73 bits per heavy atom. The monoisotopic (exact) mass is 365 g/mol. The summed E-state index contributed by atoms with van der Waals surface area (Å²) in [5.74, 6) is 0.763. The van der Waals surface area contributed by atoms with Crippen LogP contribution in [0.5, 0.6) is 0 Å². The van der Waals surface area contributed by atoms with Crippen molar-refractivity contribution in [3.05, 3.63) is 75.7 Å². The van der Waals surface area contributed by atoms with E-state index in [-0.39, 0.29) is 11.6 Å². The van der Waals surface area contributed by atoms with E-state index in [1.165, 1.54) is 5.56 Å². The highest BCUT2D eigenvalue weighted by Crippen LogP contribution is 2.23. The lowest BCUT2D eigenvalue weighted by Crippen LogP contribution is -2.21. The molecule has 0 saturated heterocycles. The van der Waals surface area contributed by atoms with Crippen molar-refractivity contribution in [2.24, 2.45) is 4.99 Å². The van der Waals surface area contributed by atoms with Crippen molar-refractivity contribution in [2.45, 2.75) is 44.0 Å². The molecule has 0 spiro atoms. The molecule has 0 aliphatic heterocycles. The van der Waals surface area contributed by atoms with E-state index in [0.29, 0.717) is 11.2 Å². The number of aromatic nitrogens is 2. The smallest absolute Gasteiger partial charge is 0.267 e. The highest BCUT2D eigenvalue weighted by atomic mass is 32.2. The molecular weight excluding hydrogens is 342 g/mol. The predicted molar refractivity (Wildman–Crippen MR) is 110 cm³/mol. The molecule has 1 aromatic carbocycles. The van der Waals surface area contributed by atoms with Crippen molar-refractivity contribution in [1.82, 2.24) is 9.38 Å². The molecule has 0 aliphatic carbocycles. The average Bonchev–Trinajstić information content (AvgIpc) is 2.67. The maximum absolute atomic E-state index is 13.0. The first kappa shape index (κ1) is 18.4. The number of nitrogens with zero attached hydrogens (tertiary/aromatic N) is 3. The Kier molecular flexibility index (Phi) is 5.89. The second kappa shape index (κ2) is 8.32. The Morgan fingerprint density at radius 2 is 2.00 bits per heavy atom. The zero-order valence-electron chi connectivity index (χ0n) is 15.3. The molecule has 5 heteroatoms. The van der Waals surface area contributed by atoms with Crippen LogP contribution in [0.4, 0.5) is 0 Å². The van der Waals surface area contributed by atoms with Gasteiger partial charge in [-0.15, -0.1) is 11.8 Å². The maximum Gasteiger partial charge on any atom is 0.267 e. The molecule has 26 heavy (non-hydrogen) atoms. The third kappa shape index (κ3) is 4.05. The minimum atomic E-state index is -0.0682. The number of benzene rings is 1. The van der Waals surface area contributed by atoms with Crippen molar-refractivity contribution in [3.63, 3.8) is 0 Å². The summed E-state index contributed by atoms with van der Waals surface area (Å²) in [4.78, 5) is 22.3. The first-order chi connectivity index (χ1) is 12.6. The number of pyridine rings is 1. The number of aryl methyl sites for hydroxylation is 1. The van der Waals surface area contributed by atoms with E-state index in [0.717, 1.165) is 22.8 Å². The number of aliphatic imine (C=N–C) groups is 1. The molecule has 4 nitrogen and oxygen atoms in total. The second-order valence-electron chi connectivity index (χ2n) is 6.33. The van der Waals surface area contributed by atoms with Crippen molar-refractivity contribution in [2.75, 3.05) is 0 Å². The fourth-order valence-corrected chi connectivity index (χ4v) is 3.49. The third-order valence-corrected chi connectivity index (χ3v) is 5.38. The zero-order valence-corrected chi connectivity index (χ0v) is 16.2. The molecule has 0 N–H and O–H groups in total. The summed E-state index contributed by atoms with van der Waals surface area (Å²) in [5.41, 5.74) is 3.38. The van der Waals surface area contributed by atoms with Crippen LogP contribution in [0.3, 0.4) is 0 Å². The molecule has 3 aromatic rings. The van der Waals surface area contributed by atoms with E-state index in [4.69, 9.17) is 4.98 Å². The first-order valence-electron chi connectivity index (χ1n) is 8.82. The van der Waals surface area contributed by atoms with Gasteiger partial charge in [0.05, 0.1) is 5.56 Å². The lowest BCUT2D eigenvalue weighted by Gasteiger charge is -2.10. The van der Waals surface area contributed by atoms with Gasteiger partial charge in [0.2, 0.25) is 0 Å². The normalized spacial score (nSPS) is 12.7. The van der Waals surface area contributed by atoms with Crippen LogP contribution in [0.25, 0.3) is 5.65 Å². The Hall–Kier alpha value is -2.40. The Morgan fingerprint density at radius 1 is 1.23 bits per heavy atom. The molecule has 1 atom stereocenters. The van der Waals surface area contributed by atoms with Crippen LogP contribution in [-0.2, 0) is 5.75 Å². The highest BCUT2D eigenvalue weighted by Gasteiger charge is 2.13. The molecule has 0 saturated carbocycles. The summed E-state index contributed by atoms with van der Waals surface area (Å²) in [7, 11) is 0. The molecule has 2 aromatic heterocycles. The molecular formula is C21H23N3OS. The van der Waals surface area contributed by atoms with E-state index >= 15 is 0 Å². The minimum Gasteiger partial charge on any atom is -0.289 e. The van der Waals surface area contributed by atoms with Crippen LogP contribution >= 0.6 is 11.8 Å². The van der Waals surface area contributed by atoms with Crippen LogP contribution < -0.4 is 5.56 Å². The van der Waals surface area contributed by atoms with Crippen LogP contribution in [0.15, 0.2) is 63.5 Å². The first-order valence-corrected chi connectivity index (χ1v) is 9.80. The fourth-order valence-electron chi connectivity index (χ4n) is 2.55. The molecule has 0 unspecified atom stereocenters. The van der Waals surface area contributed by atoms with Crippen LogP contribution in [0.2, 0.25) is 0 Å². The quantitative estimate of drug-likeness (QED) is 0.367. The van der Waals surface area contributed by atoms with E-state index in [9.17, 15) is 4.79 Å². The molecule has 134 valence electrons. The molecule has 0 bridgehead atoms. The minimum absolute atomic E-state index is 0.0682. The van der Waals surface area contributed by atoms with Gasteiger partial charge in [0, 0.05) is 24.2 Å². The van der Waals surface area contributed by atoms with Crippen molar-refractivity contribution >= 4 is 23.6 Å². The van der Waals surface area contributed by atoms with Gasteiger partial charge in [0.1, 0.15) is 10.7 Å². The second-order valence-corrected chi connectivity index (χ2v) is 7.29. The molecule has 0 aliphatic rings. The summed E-state index contributed by atoms with van der Waals surface area (Å²) in [6.45, 7) is 6.10. The third-order valence-electron chi connectivity index (χ3n) is 4.32. The molecule has 0 fully saturated rings. The van der Waals surface area contributed by atoms with Crippen LogP contribution in [0, 0.1) is 6.92 Å². The van der Waals surface area contributed by atoms with Gasteiger partial charge in [0.15, 0.2) is 0 Å². The molecule has 3 rings (SSSR count). The van der Waals surface area contributed by atoms with Crippen molar-refractivity contribution < 1.29 is 0 Å². The Labute approximate surface area is 158 Å². The number of thioether (sulfide) groups is 1. The van der Waals surface area contributed by atoms with E-state index in [1.807, 2.05) is 44.2 Å². The van der Waals surface area contributed by atoms with Gasteiger partial charge >= 0.3 is 0 Å². The van der Waals surface area contributed by atoms with Crippen LogP contribution in [0.1, 0.15) is 37.0 Å². The molecule has 0 radical (unpaired) electrons. The van der Waals surface area contributed by atoms with Gasteiger partial charge in [-0.3, -0.25) is 14.2 Å². The Bertz CT molecular complexity index is 980. The van der Waals surface area contributed by atoms with Gasteiger partial charge in [0.25, 0.3) is 5.56 Å². The number of hydrogen-bond acceptors (Lipinski definition) is 4. The number of fused-ring (bicyclic) bond motifs is 1. The summed E-state index contributed by atoms with van der Waals surface area (Å²) in [5, 5.41) is 0.736. The largest absolute Gasteiger partial charge is 0.289 e. The van der Waals surface area contributed by atoms with Crippen molar-refractivity contribution in [3.8, 4) is 0 Å². The van der Waals surface area contributed by atoms with E-state index in [2.05, 4.69) is 24.0 Å². The summed E-state index contributed by atoms with van der Waals surface area (Å²) < 4.78 is 1.61. The topological polar surface area (TPSA) is 46.7 Å². The standard InChI is InChI=1S/C21H23N3OS/c1-4-16(3)22-13-18-20(26-14-17-10-6-5-7-11-17)23-19-15(2)9-8-12-24(19)21(18)25/h5-13,16H,4,14H2,1-3H3/t16-/m1/s1. The van der Waals surface area contributed by atoms with Gasteiger partial charge in [-0.1, -0.05) is 43.3 Å².